The average Bonchev–Trinajstić information content (AvgIpc) is 3.54. The molecule has 5 rings (SSSR count). The van der Waals surface area contributed by atoms with Gasteiger partial charge in [-0.25, -0.2) is 29.4 Å². The lowest BCUT2D eigenvalue weighted by atomic mass is 9.93. The second-order valence-corrected chi connectivity index (χ2v) is 19.6. The zero-order chi connectivity index (χ0) is 31.2. The highest BCUT2D eigenvalue weighted by Gasteiger charge is 2.41. The maximum atomic E-state index is 13.7. The zero-order valence-corrected chi connectivity index (χ0v) is 28.0. The third kappa shape index (κ3) is 7.01. The van der Waals surface area contributed by atoms with E-state index in [1.807, 2.05) is 6.20 Å². The van der Waals surface area contributed by atoms with E-state index in [1.54, 1.807) is 28.9 Å². The molecule has 43 heavy (non-hydrogen) atoms. The van der Waals surface area contributed by atoms with Crippen molar-refractivity contribution in [2.75, 3.05) is 41.6 Å². The van der Waals surface area contributed by atoms with Crippen LogP contribution < -0.4 is 14.9 Å². The van der Waals surface area contributed by atoms with Crippen LogP contribution in [-0.2, 0) is 10.0 Å². The van der Waals surface area contributed by atoms with Crippen molar-refractivity contribution in [1.82, 2.24) is 24.5 Å². The largest absolute Gasteiger partial charge is 0.370 e. The highest BCUT2D eigenvalue weighted by molar-refractivity contribution is 8.32. The van der Waals surface area contributed by atoms with Crippen LogP contribution in [0.4, 0.5) is 11.6 Å². The zero-order valence-electron chi connectivity index (χ0n) is 26.3. The summed E-state index contributed by atoms with van der Waals surface area (Å²) in [5, 5.41) is 9.03. The fraction of sp³-hybridized carbons (Fsp3) is 0.548. The Balaban J connectivity index is 1.54. The number of nitrogens with one attached hydrogen (secondary N) is 2. The summed E-state index contributed by atoms with van der Waals surface area (Å²) in [6.07, 6.45) is 10.5. The first-order chi connectivity index (χ1) is 20.0. The molecular weight excluding hydrogens is 583 g/mol. The molecule has 2 aliphatic heterocycles. The third-order valence-corrected chi connectivity index (χ3v) is 12.2. The van der Waals surface area contributed by atoms with Crippen molar-refractivity contribution in [3.8, 4) is 5.82 Å². The highest BCUT2D eigenvalue weighted by atomic mass is 32.3. The first kappa shape index (κ1) is 31.3. The molecule has 0 aromatic carbocycles. The first-order valence-corrected chi connectivity index (χ1v) is 19.0. The Kier molecular flexibility index (Phi) is 8.32. The van der Waals surface area contributed by atoms with Crippen LogP contribution in [0.3, 0.4) is 0 Å². The molecule has 1 fully saturated rings. The molecule has 0 radical (unpaired) electrons. The second-order valence-electron chi connectivity index (χ2n) is 14.1. The molecule has 0 spiro atoms. The van der Waals surface area contributed by atoms with Crippen LogP contribution in [0.25, 0.3) is 5.82 Å². The maximum absolute atomic E-state index is 13.7. The van der Waals surface area contributed by atoms with Gasteiger partial charge < -0.3 is 10.2 Å². The average molecular weight is 628 g/mol. The molecule has 0 aliphatic carbocycles. The van der Waals surface area contributed by atoms with Gasteiger partial charge >= 0.3 is 0 Å². The topological polar surface area (TPSA) is 122 Å². The summed E-state index contributed by atoms with van der Waals surface area (Å²) in [4.78, 5) is 25.1. The van der Waals surface area contributed by atoms with E-state index in [0.717, 1.165) is 43.0 Å². The van der Waals surface area contributed by atoms with Gasteiger partial charge in [0.2, 0.25) is 0 Å². The Bertz CT molecular complexity index is 1610. The van der Waals surface area contributed by atoms with Gasteiger partial charge in [-0.05, 0) is 99.5 Å². The fourth-order valence-electron chi connectivity index (χ4n) is 5.80. The summed E-state index contributed by atoms with van der Waals surface area (Å²) in [7, 11) is -5.33. The Morgan fingerprint density at radius 1 is 1.09 bits per heavy atom. The van der Waals surface area contributed by atoms with Gasteiger partial charge in [-0.1, -0.05) is 26.8 Å². The van der Waals surface area contributed by atoms with Gasteiger partial charge in [-0.15, -0.1) is 0 Å². The van der Waals surface area contributed by atoms with Crippen LogP contribution in [0.5, 0.6) is 0 Å². The fourth-order valence-corrected chi connectivity index (χ4v) is 8.80. The normalized spacial score (nSPS) is 20.8. The van der Waals surface area contributed by atoms with Gasteiger partial charge in [-0.3, -0.25) is 4.79 Å². The molecule has 234 valence electrons. The van der Waals surface area contributed by atoms with Crippen molar-refractivity contribution >= 4 is 37.6 Å². The molecule has 3 aromatic rings. The lowest BCUT2D eigenvalue weighted by Crippen LogP contribution is -2.41. The number of amides is 1. The van der Waals surface area contributed by atoms with E-state index in [2.05, 4.69) is 73.1 Å². The minimum Gasteiger partial charge on any atom is -0.370 e. The summed E-state index contributed by atoms with van der Waals surface area (Å²) < 4.78 is 30.5. The van der Waals surface area contributed by atoms with Crippen molar-refractivity contribution in [3.05, 3.63) is 48.2 Å². The summed E-state index contributed by atoms with van der Waals surface area (Å²) in [6.45, 7) is 12.5. The summed E-state index contributed by atoms with van der Waals surface area (Å²) in [5.41, 5.74) is 0.170. The van der Waals surface area contributed by atoms with E-state index in [0.29, 0.717) is 29.9 Å². The molecule has 1 saturated heterocycles. The molecule has 3 aromatic heterocycles. The molecule has 1 amide bonds. The second kappa shape index (κ2) is 11.4. The SMILES string of the molecule is CC(C)(C)CCS(C)(C)c1ccn(-c2ccc3c(n2)N2C[C@@H](CCCNc4cccc(n4)S(=O)(=O)NC3=O)CC2(C)C)n1. The highest BCUT2D eigenvalue weighted by Crippen LogP contribution is 2.50. The molecule has 5 heterocycles. The predicted molar refractivity (Wildman–Crippen MR) is 174 cm³/mol. The molecule has 4 bridgehead atoms. The van der Waals surface area contributed by atoms with Crippen molar-refractivity contribution in [3.63, 3.8) is 0 Å². The van der Waals surface area contributed by atoms with Crippen molar-refractivity contribution in [2.24, 2.45) is 11.3 Å². The number of pyridine rings is 2. The van der Waals surface area contributed by atoms with Crippen LogP contribution in [0.15, 0.2) is 52.6 Å². The number of hydrogen-bond donors (Lipinski definition) is 2. The predicted octanol–water partition coefficient (Wildman–Crippen LogP) is 5.45. The summed E-state index contributed by atoms with van der Waals surface area (Å²) in [5.74, 6) is 2.25. The van der Waals surface area contributed by atoms with Gasteiger partial charge in [0.05, 0.1) is 5.56 Å². The van der Waals surface area contributed by atoms with E-state index in [4.69, 9.17) is 10.1 Å². The lowest BCUT2D eigenvalue weighted by molar-refractivity contribution is 0.0981. The van der Waals surface area contributed by atoms with Gasteiger partial charge in [0.15, 0.2) is 10.8 Å². The van der Waals surface area contributed by atoms with Crippen LogP contribution in [0.2, 0.25) is 0 Å². The minimum atomic E-state index is -4.22. The van der Waals surface area contributed by atoms with Crippen LogP contribution in [0.1, 0.15) is 70.7 Å². The maximum Gasteiger partial charge on any atom is 0.281 e. The van der Waals surface area contributed by atoms with E-state index in [9.17, 15) is 13.2 Å². The van der Waals surface area contributed by atoms with Crippen molar-refractivity contribution in [1.29, 1.82) is 0 Å². The van der Waals surface area contributed by atoms with Gasteiger partial charge in [0.1, 0.15) is 16.7 Å². The smallest absolute Gasteiger partial charge is 0.281 e. The molecule has 0 unspecified atom stereocenters. The molecule has 2 aliphatic rings. The van der Waals surface area contributed by atoms with E-state index >= 15 is 0 Å². The van der Waals surface area contributed by atoms with E-state index in [-0.39, 0.29) is 21.5 Å². The number of nitrogens with zero attached hydrogens (tertiary/aromatic N) is 5. The van der Waals surface area contributed by atoms with Gasteiger partial charge in [0, 0.05) is 24.8 Å². The number of fused-ring (bicyclic) bond motifs is 6. The van der Waals surface area contributed by atoms with E-state index < -0.39 is 26.0 Å². The Hall–Kier alpha value is -3.12. The first-order valence-electron chi connectivity index (χ1n) is 14.9. The number of carbonyl (C=O) groups is 1. The van der Waals surface area contributed by atoms with Crippen molar-refractivity contribution in [2.45, 2.75) is 75.9 Å². The Labute approximate surface area is 257 Å². The minimum absolute atomic E-state index is 0.203. The van der Waals surface area contributed by atoms with Gasteiger partial charge in [0.25, 0.3) is 15.9 Å². The molecule has 1 atom stereocenters. The number of aromatic nitrogens is 4. The Morgan fingerprint density at radius 2 is 1.86 bits per heavy atom. The lowest BCUT2D eigenvalue weighted by Gasteiger charge is -2.34. The number of hydrogen-bond acceptors (Lipinski definition) is 8. The van der Waals surface area contributed by atoms with E-state index in [1.165, 1.54) is 6.07 Å². The molecule has 12 heteroatoms. The summed E-state index contributed by atoms with van der Waals surface area (Å²) >= 11 is 0. The quantitative estimate of drug-likeness (QED) is 0.392. The number of anilines is 2. The van der Waals surface area contributed by atoms with Gasteiger partial charge in [-0.2, -0.15) is 13.5 Å². The van der Waals surface area contributed by atoms with Crippen LogP contribution in [0, 0.1) is 11.3 Å². The molecule has 0 saturated carbocycles. The van der Waals surface area contributed by atoms with Crippen molar-refractivity contribution < 1.29 is 13.2 Å². The monoisotopic (exact) mass is 627 g/mol. The summed E-state index contributed by atoms with van der Waals surface area (Å²) in [6, 6.07) is 10.2. The molecule has 2 N–H and O–H groups in total. The molecule has 10 nitrogen and oxygen atoms in total. The standard InChI is InChI=1S/C31H45N7O3S2/c1-30(2,3)16-19-42(6,7)27-15-18-38(35-27)25-14-13-23-28(34-25)37-21-22(20-31(37,4)5)10-9-17-32-24-11-8-12-26(33-24)43(40,41)36-29(23)39/h8,11-15,18,22H,9-10,16-17,19-21H2,1-7H3,(H,32,33)(H,36,39)/t22-/m0/s1. The third-order valence-electron chi connectivity index (χ3n) is 8.37. The number of rotatable bonds is 4. The number of carbonyl (C=O) groups excluding carboxylic acids is 1. The van der Waals surface area contributed by atoms with Crippen LogP contribution >= 0.6 is 10.0 Å². The number of sulfonamides is 1. The Morgan fingerprint density at radius 3 is 2.60 bits per heavy atom. The molecular formula is C31H45N7O3S2. The van der Waals surface area contributed by atoms with Crippen LogP contribution in [-0.4, -0.2) is 71.0 Å².